The topological polar surface area (TPSA) is 20.3 Å². The van der Waals surface area contributed by atoms with E-state index in [9.17, 15) is 13.6 Å². The smallest absolute Gasteiger partial charge is 0.257 e. The third kappa shape index (κ3) is 2.34. The van der Waals surface area contributed by atoms with Crippen molar-refractivity contribution in [3.05, 3.63) is 33.3 Å². The maximum Gasteiger partial charge on any atom is 0.257 e. The van der Waals surface area contributed by atoms with Crippen LogP contribution in [0, 0.1) is 25.5 Å². The number of hydrogen-bond acceptors (Lipinski definition) is 1. The van der Waals surface area contributed by atoms with Gasteiger partial charge in [-0.25, -0.2) is 8.78 Å². The van der Waals surface area contributed by atoms with Crippen molar-refractivity contribution in [3.8, 4) is 0 Å². The second-order valence-corrected chi connectivity index (χ2v) is 4.42. The van der Waals surface area contributed by atoms with Gasteiger partial charge in [-0.2, -0.15) is 0 Å². The molecule has 2 nitrogen and oxygen atoms in total. The van der Waals surface area contributed by atoms with Crippen LogP contribution in [0.1, 0.15) is 35.3 Å². The fraction of sp³-hybridized carbons (Fsp3) is 0.462. The lowest BCUT2D eigenvalue weighted by Gasteiger charge is -2.21. The Morgan fingerprint density at radius 1 is 1.11 bits per heavy atom. The summed E-state index contributed by atoms with van der Waals surface area (Å²) in [7, 11) is 0. The van der Waals surface area contributed by atoms with Crippen LogP contribution in [0.2, 0.25) is 5.02 Å². The van der Waals surface area contributed by atoms with Gasteiger partial charge in [-0.3, -0.25) is 4.79 Å². The zero-order valence-electron chi connectivity index (χ0n) is 10.9. The lowest BCUT2D eigenvalue weighted by molar-refractivity contribution is 0.0766. The van der Waals surface area contributed by atoms with Crippen molar-refractivity contribution in [1.29, 1.82) is 0 Å². The molecule has 1 aromatic carbocycles. The zero-order valence-corrected chi connectivity index (χ0v) is 11.7. The van der Waals surface area contributed by atoms with Gasteiger partial charge >= 0.3 is 0 Å². The van der Waals surface area contributed by atoms with E-state index in [0.717, 1.165) is 0 Å². The third-order valence-electron chi connectivity index (χ3n) is 3.04. The molecule has 5 heteroatoms. The summed E-state index contributed by atoms with van der Waals surface area (Å²) in [5.74, 6) is -2.71. The molecule has 0 atom stereocenters. The molecule has 1 rings (SSSR count). The number of amides is 1. The molecule has 0 saturated heterocycles. The van der Waals surface area contributed by atoms with Crippen molar-refractivity contribution in [1.82, 2.24) is 4.90 Å². The predicted octanol–water partition coefficient (Wildman–Crippen LogP) is 3.72. The summed E-state index contributed by atoms with van der Waals surface area (Å²) in [6, 6.07) is 0. The number of hydrogen-bond donors (Lipinski definition) is 0. The molecule has 0 fully saturated rings. The molecule has 0 N–H and O–H groups in total. The highest BCUT2D eigenvalue weighted by atomic mass is 35.5. The molecular formula is C13H16ClF2NO. The van der Waals surface area contributed by atoms with Crippen LogP contribution in [-0.4, -0.2) is 23.9 Å². The Hall–Kier alpha value is -1.16. The Balaban J connectivity index is 3.46. The highest BCUT2D eigenvalue weighted by molar-refractivity contribution is 6.32. The van der Waals surface area contributed by atoms with Crippen molar-refractivity contribution in [2.24, 2.45) is 0 Å². The number of halogens is 3. The Morgan fingerprint density at radius 3 is 2.06 bits per heavy atom. The highest BCUT2D eigenvalue weighted by Crippen LogP contribution is 2.29. The minimum Gasteiger partial charge on any atom is -0.339 e. The van der Waals surface area contributed by atoms with Gasteiger partial charge in [0.2, 0.25) is 0 Å². The summed E-state index contributed by atoms with van der Waals surface area (Å²) in [6.45, 7) is 7.33. The van der Waals surface area contributed by atoms with E-state index in [4.69, 9.17) is 11.6 Å². The van der Waals surface area contributed by atoms with Crippen LogP contribution in [0.25, 0.3) is 0 Å². The predicted molar refractivity (Wildman–Crippen MR) is 68.1 cm³/mol. The quantitative estimate of drug-likeness (QED) is 0.770. The van der Waals surface area contributed by atoms with Gasteiger partial charge in [0.05, 0.1) is 10.6 Å². The van der Waals surface area contributed by atoms with E-state index in [1.807, 2.05) is 0 Å². The van der Waals surface area contributed by atoms with E-state index in [1.165, 1.54) is 18.7 Å². The van der Waals surface area contributed by atoms with E-state index >= 15 is 0 Å². The Kier molecular flexibility index (Phi) is 4.68. The number of rotatable bonds is 3. The summed E-state index contributed by atoms with van der Waals surface area (Å²) in [5, 5.41) is 0.101. The Morgan fingerprint density at radius 2 is 1.61 bits per heavy atom. The Labute approximate surface area is 111 Å². The van der Waals surface area contributed by atoms with Crippen LogP contribution >= 0.6 is 11.6 Å². The maximum atomic E-state index is 13.9. The summed E-state index contributed by atoms with van der Waals surface area (Å²) < 4.78 is 27.5. The lowest BCUT2D eigenvalue weighted by Crippen LogP contribution is -2.32. The Bertz CT molecular complexity index is 455. The molecule has 0 unspecified atom stereocenters. The molecule has 0 bridgehead atoms. The van der Waals surface area contributed by atoms with Gasteiger partial charge in [0.25, 0.3) is 5.91 Å². The normalized spacial score (nSPS) is 10.6. The molecular weight excluding hydrogens is 260 g/mol. The van der Waals surface area contributed by atoms with Gasteiger partial charge in [-0.1, -0.05) is 11.6 Å². The molecule has 1 amide bonds. The van der Waals surface area contributed by atoms with Crippen LogP contribution in [0.4, 0.5) is 8.78 Å². The van der Waals surface area contributed by atoms with Crippen LogP contribution in [0.5, 0.6) is 0 Å². The standard InChI is InChI=1S/C13H16ClF2NO/c1-5-17(6-2)13(18)9-7(3)10(14)8(4)11(15)12(9)16/h5-6H2,1-4H3. The van der Waals surface area contributed by atoms with Gasteiger partial charge < -0.3 is 4.90 Å². The molecule has 0 heterocycles. The third-order valence-corrected chi connectivity index (χ3v) is 3.61. The van der Waals surface area contributed by atoms with Crippen molar-refractivity contribution in [2.45, 2.75) is 27.7 Å². The lowest BCUT2D eigenvalue weighted by atomic mass is 10.0. The van der Waals surface area contributed by atoms with E-state index < -0.39 is 17.5 Å². The van der Waals surface area contributed by atoms with Crippen molar-refractivity contribution < 1.29 is 13.6 Å². The zero-order chi connectivity index (χ0) is 14.0. The number of nitrogens with zero attached hydrogens (tertiary/aromatic N) is 1. The summed E-state index contributed by atoms with van der Waals surface area (Å²) in [5.41, 5.74) is 0.0412. The average Bonchev–Trinajstić information content (AvgIpc) is 2.36. The molecule has 18 heavy (non-hydrogen) atoms. The molecule has 0 aliphatic carbocycles. The van der Waals surface area contributed by atoms with E-state index in [1.54, 1.807) is 13.8 Å². The first-order valence-electron chi connectivity index (χ1n) is 5.79. The monoisotopic (exact) mass is 275 g/mol. The van der Waals surface area contributed by atoms with Gasteiger partial charge in [0, 0.05) is 18.7 Å². The fourth-order valence-electron chi connectivity index (χ4n) is 1.85. The number of carbonyl (C=O) groups excluding carboxylic acids is 1. The molecule has 100 valence electrons. The molecule has 1 aromatic rings. The van der Waals surface area contributed by atoms with E-state index in [0.29, 0.717) is 13.1 Å². The summed E-state index contributed by atoms with van der Waals surface area (Å²) in [6.07, 6.45) is 0. The van der Waals surface area contributed by atoms with Gasteiger partial charge in [0.15, 0.2) is 11.6 Å². The fourth-order valence-corrected chi connectivity index (χ4v) is 2.03. The molecule has 0 aliphatic heterocycles. The van der Waals surface area contributed by atoms with Gasteiger partial charge in [0.1, 0.15) is 0 Å². The summed E-state index contributed by atoms with van der Waals surface area (Å²) in [4.78, 5) is 13.6. The second-order valence-electron chi connectivity index (χ2n) is 4.04. The van der Waals surface area contributed by atoms with Crippen LogP contribution in [-0.2, 0) is 0 Å². The summed E-state index contributed by atoms with van der Waals surface area (Å²) >= 11 is 5.92. The van der Waals surface area contributed by atoms with Gasteiger partial charge in [-0.05, 0) is 33.3 Å². The average molecular weight is 276 g/mol. The SMILES string of the molecule is CCN(CC)C(=O)c1c(C)c(Cl)c(C)c(F)c1F. The molecule has 0 spiro atoms. The maximum absolute atomic E-state index is 13.9. The van der Waals surface area contributed by atoms with Crippen LogP contribution in [0.3, 0.4) is 0 Å². The second kappa shape index (κ2) is 5.65. The van der Waals surface area contributed by atoms with E-state index in [2.05, 4.69) is 0 Å². The molecule has 0 aromatic heterocycles. The minimum atomic E-state index is -1.12. The van der Waals surface area contributed by atoms with Crippen LogP contribution < -0.4 is 0 Å². The van der Waals surface area contributed by atoms with E-state index in [-0.39, 0.29) is 21.7 Å². The molecule has 0 saturated carbocycles. The highest BCUT2D eigenvalue weighted by Gasteiger charge is 2.26. The number of benzene rings is 1. The largest absolute Gasteiger partial charge is 0.339 e. The first-order valence-corrected chi connectivity index (χ1v) is 6.17. The molecule has 0 aliphatic rings. The van der Waals surface area contributed by atoms with Gasteiger partial charge in [-0.15, -0.1) is 0 Å². The number of carbonyl (C=O) groups is 1. The first-order chi connectivity index (χ1) is 8.36. The van der Waals surface area contributed by atoms with Crippen LogP contribution in [0.15, 0.2) is 0 Å². The first kappa shape index (κ1) is 14.9. The van der Waals surface area contributed by atoms with Crippen molar-refractivity contribution in [2.75, 3.05) is 13.1 Å². The molecule has 0 radical (unpaired) electrons. The van der Waals surface area contributed by atoms with Crippen molar-refractivity contribution in [3.63, 3.8) is 0 Å². The van der Waals surface area contributed by atoms with Crippen molar-refractivity contribution >= 4 is 17.5 Å². The minimum absolute atomic E-state index is 0.0303.